The summed E-state index contributed by atoms with van der Waals surface area (Å²) in [6, 6.07) is -4.93. The van der Waals surface area contributed by atoms with Crippen molar-refractivity contribution in [1.29, 1.82) is 0 Å². The number of nitrogens with two attached hydrogens (primary N) is 3. The van der Waals surface area contributed by atoms with E-state index < -0.39 is 66.9 Å². The van der Waals surface area contributed by atoms with Gasteiger partial charge in [-0.2, -0.15) is 0 Å². The quantitative estimate of drug-likeness (QED) is 0.0670. The standard InChI is InChI=1S/C19H33N7O8/c20-10(3-1-7-23-19(21)22)15(30)25-12(9-27)16(31)24-11(5-6-14(28)29)17(32)26-8-2-4-13(26)18(33)34/h10-13,27H,1-9,20H2,(H,24,31)(H,25,30)(H,28,29)(H,33,34)(H4,21,22,23). The summed E-state index contributed by atoms with van der Waals surface area (Å²) in [5, 5.41) is 32.4. The molecule has 15 heteroatoms. The predicted octanol–water partition coefficient (Wildman–Crippen LogP) is -3.73. The van der Waals surface area contributed by atoms with Crippen molar-refractivity contribution < 1.29 is 39.3 Å². The Morgan fingerprint density at radius 2 is 1.68 bits per heavy atom. The molecule has 0 aromatic heterocycles. The molecule has 0 bridgehead atoms. The number of nitrogens with one attached hydrogen (secondary N) is 2. The number of likely N-dealkylation sites (tertiary alicyclic amines) is 1. The van der Waals surface area contributed by atoms with Crippen molar-refractivity contribution in [2.24, 2.45) is 22.2 Å². The minimum absolute atomic E-state index is 0.106. The normalized spacial score (nSPS) is 17.8. The molecule has 4 atom stereocenters. The van der Waals surface area contributed by atoms with E-state index in [4.69, 9.17) is 22.3 Å². The highest BCUT2D eigenvalue weighted by molar-refractivity contribution is 5.94. The second-order valence-electron chi connectivity index (χ2n) is 7.82. The van der Waals surface area contributed by atoms with Crippen molar-refractivity contribution >= 4 is 35.6 Å². The Kier molecular flexibility index (Phi) is 11.7. The summed E-state index contributed by atoms with van der Waals surface area (Å²) in [6.45, 7) is -0.432. The van der Waals surface area contributed by atoms with Gasteiger partial charge in [-0.25, -0.2) is 4.79 Å². The Bertz CT molecular complexity index is 787. The number of hydrogen-bond donors (Lipinski definition) is 8. The van der Waals surface area contributed by atoms with Crippen LogP contribution in [0.15, 0.2) is 4.99 Å². The molecule has 11 N–H and O–H groups in total. The summed E-state index contributed by atoms with van der Waals surface area (Å²) in [5.74, 6) is -4.97. The molecule has 0 aromatic rings. The van der Waals surface area contributed by atoms with Gasteiger partial charge in [-0.15, -0.1) is 0 Å². The molecule has 4 unspecified atom stereocenters. The van der Waals surface area contributed by atoms with Crippen molar-refractivity contribution in [2.45, 2.75) is 62.7 Å². The molecule has 1 rings (SSSR count). The van der Waals surface area contributed by atoms with E-state index in [0.29, 0.717) is 12.8 Å². The summed E-state index contributed by atoms with van der Waals surface area (Å²) in [7, 11) is 0. The van der Waals surface area contributed by atoms with Crippen LogP contribution in [0.1, 0.15) is 38.5 Å². The maximum atomic E-state index is 12.9. The van der Waals surface area contributed by atoms with E-state index in [1.54, 1.807) is 0 Å². The van der Waals surface area contributed by atoms with Gasteiger partial charge in [-0.1, -0.05) is 0 Å². The first-order valence-electron chi connectivity index (χ1n) is 10.8. The number of aliphatic hydroxyl groups excluding tert-OH is 1. The fourth-order valence-corrected chi connectivity index (χ4v) is 3.41. The van der Waals surface area contributed by atoms with Gasteiger partial charge in [-0.05, 0) is 32.1 Å². The number of nitrogens with zero attached hydrogens (tertiary/aromatic N) is 2. The molecule has 0 radical (unpaired) electrons. The zero-order valence-electron chi connectivity index (χ0n) is 18.7. The Morgan fingerprint density at radius 3 is 2.24 bits per heavy atom. The van der Waals surface area contributed by atoms with Crippen LogP contribution in [0.2, 0.25) is 0 Å². The third kappa shape index (κ3) is 9.19. The van der Waals surface area contributed by atoms with Gasteiger partial charge in [0.25, 0.3) is 0 Å². The first-order chi connectivity index (χ1) is 16.0. The number of carbonyl (C=O) groups is 5. The summed E-state index contributed by atoms with van der Waals surface area (Å²) in [5.41, 5.74) is 16.2. The number of guanidine groups is 1. The maximum absolute atomic E-state index is 12.9. The maximum Gasteiger partial charge on any atom is 0.326 e. The van der Waals surface area contributed by atoms with E-state index in [1.165, 1.54) is 0 Å². The molecule has 1 aliphatic rings. The molecule has 0 saturated carbocycles. The molecule has 1 fully saturated rings. The van der Waals surface area contributed by atoms with Crippen LogP contribution in [0.25, 0.3) is 0 Å². The van der Waals surface area contributed by atoms with Crippen LogP contribution < -0.4 is 27.8 Å². The lowest BCUT2D eigenvalue weighted by Gasteiger charge is -2.28. The summed E-state index contributed by atoms with van der Waals surface area (Å²) >= 11 is 0. The highest BCUT2D eigenvalue weighted by Gasteiger charge is 2.38. The third-order valence-corrected chi connectivity index (χ3v) is 5.20. The number of amides is 3. The topological polar surface area (TPSA) is 264 Å². The van der Waals surface area contributed by atoms with E-state index in [9.17, 15) is 34.2 Å². The molecule has 1 saturated heterocycles. The smallest absolute Gasteiger partial charge is 0.326 e. The molecule has 34 heavy (non-hydrogen) atoms. The Hall–Kier alpha value is -3.46. The average Bonchev–Trinajstić information content (AvgIpc) is 3.26. The lowest BCUT2D eigenvalue weighted by molar-refractivity contribution is -0.150. The van der Waals surface area contributed by atoms with E-state index in [1.807, 2.05) is 0 Å². The molecular formula is C19H33N7O8. The van der Waals surface area contributed by atoms with Gasteiger partial charge in [0.15, 0.2) is 5.96 Å². The zero-order valence-corrected chi connectivity index (χ0v) is 18.7. The van der Waals surface area contributed by atoms with Crippen LogP contribution in [0, 0.1) is 0 Å². The van der Waals surface area contributed by atoms with Gasteiger partial charge in [0, 0.05) is 19.5 Å². The van der Waals surface area contributed by atoms with Crippen LogP contribution in [-0.4, -0.2) is 99.7 Å². The summed E-state index contributed by atoms with van der Waals surface area (Å²) in [6.07, 6.45) is 0.469. The minimum atomic E-state index is -1.47. The van der Waals surface area contributed by atoms with Crippen molar-refractivity contribution in [3.8, 4) is 0 Å². The van der Waals surface area contributed by atoms with Crippen molar-refractivity contribution in [1.82, 2.24) is 15.5 Å². The van der Waals surface area contributed by atoms with Gasteiger partial charge in [0.05, 0.1) is 12.6 Å². The molecule has 1 heterocycles. The number of aliphatic imine (C=N–C) groups is 1. The van der Waals surface area contributed by atoms with E-state index >= 15 is 0 Å². The Balaban J connectivity index is 2.81. The van der Waals surface area contributed by atoms with Gasteiger partial charge < -0.3 is 48.1 Å². The van der Waals surface area contributed by atoms with Crippen molar-refractivity contribution in [3.63, 3.8) is 0 Å². The van der Waals surface area contributed by atoms with Crippen molar-refractivity contribution in [3.05, 3.63) is 0 Å². The van der Waals surface area contributed by atoms with Gasteiger partial charge in [0.2, 0.25) is 17.7 Å². The van der Waals surface area contributed by atoms with Crippen LogP contribution in [0.3, 0.4) is 0 Å². The highest BCUT2D eigenvalue weighted by atomic mass is 16.4. The molecule has 3 amide bonds. The van der Waals surface area contributed by atoms with Crippen LogP contribution in [0.5, 0.6) is 0 Å². The number of hydrogen-bond acceptors (Lipinski definition) is 8. The number of carboxylic acids is 2. The highest BCUT2D eigenvalue weighted by Crippen LogP contribution is 2.19. The summed E-state index contributed by atoms with van der Waals surface area (Å²) < 4.78 is 0. The molecule has 0 spiro atoms. The fourth-order valence-electron chi connectivity index (χ4n) is 3.41. The second kappa shape index (κ2) is 13.9. The van der Waals surface area contributed by atoms with Crippen molar-refractivity contribution in [2.75, 3.05) is 19.7 Å². The van der Waals surface area contributed by atoms with E-state index in [2.05, 4.69) is 15.6 Å². The average molecular weight is 488 g/mol. The summed E-state index contributed by atoms with van der Waals surface area (Å²) in [4.78, 5) is 65.1. The van der Waals surface area contributed by atoms with Gasteiger partial charge >= 0.3 is 11.9 Å². The van der Waals surface area contributed by atoms with Gasteiger partial charge in [-0.3, -0.25) is 24.2 Å². The molecule has 0 aliphatic carbocycles. The van der Waals surface area contributed by atoms with Crippen LogP contribution in [0.4, 0.5) is 0 Å². The van der Waals surface area contributed by atoms with E-state index in [-0.39, 0.29) is 38.3 Å². The first kappa shape index (κ1) is 28.6. The number of rotatable bonds is 14. The number of aliphatic carboxylic acids is 2. The Morgan fingerprint density at radius 1 is 1.03 bits per heavy atom. The second-order valence-corrected chi connectivity index (χ2v) is 7.82. The monoisotopic (exact) mass is 487 g/mol. The molecule has 0 aromatic carbocycles. The van der Waals surface area contributed by atoms with E-state index in [0.717, 1.165) is 4.90 Å². The van der Waals surface area contributed by atoms with Crippen LogP contribution in [-0.2, 0) is 24.0 Å². The predicted molar refractivity (Wildman–Crippen MR) is 118 cm³/mol. The lowest BCUT2D eigenvalue weighted by atomic mass is 10.1. The van der Waals surface area contributed by atoms with Gasteiger partial charge in [0.1, 0.15) is 18.1 Å². The molecular weight excluding hydrogens is 454 g/mol. The molecule has 15 nitrogen and oxygen atoms in total. The zero-order chi connectivity index (χ0) is 25.8. The Labute approximate surface area is 195 Å². The lowest BCUT2D eigenvalue weighted by Crippen LogP contribution is -2.58. The first-order valence-corrected chi connectivity index (χ1v) is 10.8. The third-order valence-electron chi connectivity index (χ3n) is 5.20. The molecule has 1 aliphatic heterocycles. The largest absolute Gasteiger partial charge is 0.481 e. The van der Waals surface area contributed by atoms with Crippen LogP contribution >= 0.6 is 0 Å². The number of carboxylic acid groups (broad SMARTS) is 2. The number of carbonyl (C=O) groups excluding carboxylic acids is 3. The minimum Gasteiger partial charge on any atom is -0.481 e. The fraction of sp³-hybridized carbons (Fsp3) is 0.684. The molecule has 192 valence electrons. The number of aliphatic hydroxyl groups is 1. The SMILES string of the molecule is NC(N)=NCCCC(N)C(=O)NC(CO)C(=O)NC(CCC(=O)O)C(=O)N1CCCC1C(=O)O.